The topological polar surface area (TPSA) is 46.6 Å². The molecule has 0 saturated carbocycles. The molecule has 2 heterocycles. The number of hydrogen-bond donors (Lipinski definition) is 0. The molecule has 0 bridgehead atoms. The number of carbonyl (C=O) groups excluding carboxylic acids is 2. The Kier molecular flexibility index (Phi) is 5.25. The fourth-order valence-corrected chi connectivity index (χ4v) is 2.84. The van der Waals surface area contributed by atoms with Gasteiger partial charge in [-0.05, 0) is 51.0 Å². The Balaban J connectivity index is 1.94. The van der Waals surface area contributed by atoms with Crippen LogP contribution in [-0.4, -0.2) is 35.5 Å². The van der Waals surface area contributed by atoms with E-state index in [-0.39, 0.29) is 17.8 Å². The van der Waals surface area contributed by atoms with E-state index < -0.39 is 5.60 Å². The van der Waals surface area contributed by atoms with Gasteiger partial charge in [0.05, 0.1) is 4.88 Å². The number of likely N-dealkylation sites (tertiary alicyclic amines) is 1. The maximum Gasteiger partial charge on any atom is 0.410 e. The lowest BCUT2D eigenvalue weighted by Crippen LogP contribution is -2.42. The lowest BCUT2D eigenvalue weighted by Gasteiger charge is -2.32. The summed E-state index contributed by atoms with van der Waals surface area (Å²) in [4.78, 5) is 26.3. The van der Waals surface area contributed by atoms with Gasteiger partial charge >= 0.3 is 6.09 Å². The molecule has 5 heteroatoms. The average molecular weight is 319 g/mol. The average Bonchev–Trinajstić information content (AvgIpc) is 2.97. The molecule has 0 aliphatic carbocycles. The molecule has 1 aromatic rings. The number of nitrogens with zero attached hydrogens (tertiary/aromatic N) is 1. The minimum Gasteiger partial charge on any atom is -0.444 e. The van der Waals surface area contributed by atoms with Crippen molar-refractivity contribution in [3.05, 3.63) is 22.4 Å². The standard InChI is InChI=1S/C17H21NO3S/c1-17(2,3)21-16(20)18-10-4-6-13(12-18)8-9-14(19)15-7-5-11-22-15/h5,7,11,13H,4,6,10,12H2,1-3H3. The molecule has 0 spiro atoms. The van der Waals surface area contributed by atoms with E-state index in [1.165, 1.54) is 11.3 Å². The molecule has 4 nitrogen and oxygen atoms in total. The van der Waals surface area contributed by atoms with Crippen molar-refractivity contribution in [3.63, 3.8) is 0 Å². The number of hydrogen-bond acceptors (Lipinski definition) is 4. The normalized spacial score (nSPS) is 18.3. The van der Waals surface area contributed by atoms with Crippen molar-refractivity contribution < 1.29 is 14.3 Å². The molecular weight excluding hydrogens is 298 g/mol. The second kappa shape index (κ2) is 6.97. The lowest BCUT2D eigenvalue weighted by atomic mass is 9.99. The van der Waals surface area contributed by atoms with Crippen LogP contribution < -0.4 is 0 Å². The van der Waals surface area contributed by atoms with Crippen molar-refractivity contribution in [2.45, 2.75) is 39.2 Å². The molecule has 1 atom stereocenters. The van der Waals surface area contributed by atoms with Gasteiger partial charge in [0.2, 0.25) is 5.78 Å². The van der Waals surface area contributed by atoms with Crippen molar-refractivity contribution >= 4 is 23.2 Å². The van der Waals surface area contributed by atoms with Gasteiger partial charge in [-0.3, -0.25) is 4.79 Å². The monoisotopic (exact) mass is 319 g/mol. The summed E-state index contributed by atoms with van der Waals surface area (Å²) in [7, 11) is 0. The molecular formula is C17H21NO3S. The zero-order chi connectivity index (χ0) is 16.2. The highest BCUT2D eigenvalue weighted by molar-refractivity contribution is 7.12. The van der Waals surface area contributed by atoms with Gasteiger partial charge in [0, 0.05) is 19.0 Å². The van der Waals surface area contributed by atoms with Crippen molar-refractivity contribution in [2.75, 3.05) is 13.1 Å². The minimum atomic E-state index is -0.495. The Morgan fingerprint density at radius 3 is 2.82 bits per heavy atom. The van der Waals surface area contributed by atoms with Gasteiger partial charge in [0.1, 0.15) is 5.60 Å². The summed E-state index contributed by atoms with van der Waals surface area (Å²) in [6.45, 7) is 6.77. The molecule has 1 saturated heterocycles. The first-order valence-electron chi connectivity index (χ1n) is 7.42. The largest absolute Gasteiger partial charge is 0.444 e. The summed E-state index contributed by atoms with van der Waals surface area (Å²) >= 11 is 1.39. The molecule has 22 heavy (non-hydrogen) atoms. The number of ketones is 1. The van der Waals surface area contributed by atoms with Crippen LogP contribution in [0.1, 0.15) is 43.3 Å². The van der Waals surface area contributed by atoms with Crippen LogP contribution >= 0.6 is 11.3 Å². The van der Waals surface area contributed by atoms with Gasteiger partial charge in [-0.1, -0.05) is 12.0 Å². The fraction of sp³-hybridized carbons (Fsp3) is 0.529. The summed E-state index contributed by atoms with van der Waals surface area (Å²) < 4.78 is 5.38. The zero-order valence-corrected chi connectivity index (χ0v) is 14.0. The number of carbonyl (C=O) groups is 2. The Bertz CT molecular complexity index is 590. The molecule has 1 fully saturated rings. The first kappa shape index (κ1) is 16.6. The number of ether oxygens (including phenoxy) is 1. The zero-order valence-electron chi connectivity index (χ0n) is 13.2. The number of thiophene rings is 1. The first-order chi connectivity index (χ1) is 10.3. The summed E-state index contributed by atoms with van der Waals surface area (Å²) in [6, 6.07) is 3.61. The molecule has 0 aromatic carbocycles. The SMILES string of the molecule is CC(C)(C)OC(=O)N1CCCC(C#CC(=O)c2cccs2)C1. The molecule has 118 valence electrons. The van der Waals surface area contributed by atoms with Crippen molar-refractivity contribution in [1.82, 2.24) is 4.90 Å². The second-order valence-electron chi connectivity index (χ2n) is 6.34. The fourth-order valence-electron chi connectivity index (χ4n) is 2.22. The van der Waals surface area contributed by atoms with Crippen molar-refractivity contribution in [2.24, 2.45) is 5.92 Å². The smallest absolute Gasteiger partial charge is 0.410 e. The van der Waals surface area contributed by atoms with E-state index in [4.69, 9.17) is 4.74 Å². The van der Waals surface area contributed by atoms with Crippen molar-refractivity contribution in [1.29, 1.82) is 0 Å². The summed E-state index contributed by atoms with van der Waals surface area (Å²) in [6.07, 6.45) is 1.49. The number of Topliss-reactive ketones (excluding diaryl/α,β-unsaturated/α-hetero) is 1. The van der Waals surface area contributed by atoms with Crippen LogP contribution in [0.25, 0.3) is 0 Å². The third-order valence-corrected chi connectivity index (χ3v) is 4.08. The van der Waals surface area contributed by atoms with E-state index in [0.29, 0.717) is 18.0 Å². The predicted octanol–water partition coefficient (Wildman–Crippen LogP) is 3.58. The van der Waals surface area contributed by atoms with Crippen molar-refractivity contribution in [3.8, 4) is 11.8 Å². The summed E-state index contributed by atoms with van der Waals surface area (Å²) in [5, 5.41) is 1.86. The van der Waals surface area contributed by atoms with E-state index in [1.807, 2.05) is 32.2 Å². The second-order valence-corrected chi connectivity index (χ2v) is 7.29. The predicted molar refractivity (Wildman–Crippen MR) is 87.0 cm³/mol. The molecule has 1 aliphatic rings. The highest BCUT2D eigenvalue weighted by atomic mass is 32.1. The van der Waals surface area contributed by atoms with Crippen LogP contribution in [0.4, 0.5) is 4.79 Å². The van der Waals surface area contributed by atoms with E-state index in [9.17, 15) is 9.59 Å². The van der Waals surface area contributed by atoms with E-state index in [1.54, 1.807) is 11.0 Å². The number of rotatable bonds is 1. The molecule has 1 unspecified atom stereocenters. The molecule has 0 N–H and O–H groups in total. The quantitative estimate of drug-likeness (QED) is 0.451. The maximum absolute atomic E-state index is 12.1. The third-order valence-electron chi connectivity index (χ3n) is 3.21. The molecule has 0 radical (unpaired) electrons. The molecule has 2 rings (SSSR count). The van der Waals surface area contributed by atoms with Gasteiger partial charge < -0.3 is 9.64 Å². The highest BCUT2D eigenvalue weighted by Crippen LogP contribution is 2.19. The van der Waals surface area contributed by atoms with Crippen LogP contribution in [0.5, 0.6) is 0 Å². The Labute approximate surface area is 135 Å². The van der Waals surface area contributed by atoms with E-state index in [2.05, 4.69) is 11.8 Å². The van der Waals surface area contributed by atoms with E-state index in [0.717, 1.165) is 12.8 Å². The number of piperidine rings is 1. The first-order valence-corrected chi connectivity index (χ1v) is 8.30. The molecule has 1 amide bonds. The Morgan fingerprint density at radius 1 is 1.41 bits per heavy atom. The third kappa shape index (κ3) is 4.88. The molecule has 1 aromatic heterocycles. The van der Waals surface area contributed by atoms with Gasteiger partial charge in [-0.25, -0.2) is 4.79 Å². The maximum atomic E-state index is 12.1. The van der Waals surface area contributed by atoms with Crippen LogP contribution in [-0.2, 0) is 4.74 Å². The van der Waals surface area contributed by atoms with Crippen LogP contribution in [0.15, 0.2) is 17.5 Å². The van der Waals surface area contributed by atoms with Gasteiger partial charge in [0.15, 0.2) is 0 Å². The lowest BCUT2D eigenvalue weighted by molar-refractivity contribution is 0.0190. The van der Waals surface area contributed by atoms with Gasteiger partial charge in [-0.15, -0.1) is 11.3 Å². The summed E-state index contributed by atoms with van der Waals surface area (Å²) in [5.74, 6) is 5.60. The van der Waals surface area contributed by atoms with Crippen LogP contribution in [0.3, 0.4) is 0 Å². The van der Waals surface area contributed by atoms with Crippen LogP contribution in [0, 0.1) is 17.8 Å². The Hall–Kier alpha value is -1.80. The minimum absolute atomic E-state index is 0.0326. The van der Waals surface area contributed by atoms with Gasteiger partial charge in [-0.2, -0.15) is 0 Å². The van der Waals surface area contributed by atoms with Crippen LogP contribution in [0.2, 0.25) is 0 Å². The number of amides is 1. The highest BCUT2D eigenvalue weighted by Gasteiger charge is 2.26. The molecule has 1 aliphatic heterocycles. The summed E-state index contributed by atoms with van der Waals surface area (Å²) in [5.41, 5.74) is -0.495. The Morgan fingerprint density at radius 2 is 2.18 bits per heavy atom. The van der Waals surface area contributed by atoms with Gasteiger partial charge in [0.25, 0.3) is 0 Å². The van der Waals surface area contributed by atoms with E-state index >= 15 is 0 Å².